The third-order valence-corrected chi connectivity index (χ3v) is 5.26. The topological polar surface area (TPSA) is 92.3 Å². The Morgan fingerprint density at radius 1 is 1.17 bits per heavy atom. The fourth-order valence-corrected chi connectivity index (χ4v) is 3.43. The zero-order chi connectivity index (χ0) is 21.0. The van der Waals surface area contributed by atoms with Crippen LogP contribution in [0.25, 0.3) is 11.0 Å². The lowest BCUT2D eigenvalue weighted by Gasteiger charge is -2.09. The number of nitrogens with one attached hydrogen (secondary N) is 1. The Morgan fingerprint density at radius 3 is 2.69 bits per heavy atom. The first kappa shape index (κ1) is 20.5. The number of amides is 1. The van der Waals surface area contributed by atoms with E-state index in [1.54, 1.807) is 18.4 Å². The summed E-state index contributed by atoms with van der Waals surface area (Å²) >= 11 is 1.05. The monoisotopic (exact) mass is 408 g/mol. The number of rotatable bonds is 6. The molecule has 3 aromatic rings. The summed E-state index contributed by atoms with van der Waals surface area (Å²) < 4.78 is 10.7. The third-order valence-electron chi connectivity index (χ3n) is 4.68. The quantitative estimate of drug-likeness (QED) is 0.362. The molecule has 0 bridgehead atoms. The molecular formula is C22H20N2O4S. The number of anilines is 1. The summed E-state index contributed by atoms with van der Waals surface area (Å²) in [5.74, 6) is -0.927. The molecule has 1 amide bonds. The van der Waals surface area contributed by atoms with Crippen LogP contribution in [-0.4, -0.2) is 18.5 Å². The lowest BCUT2D eigenvalue weighted by molar-refractivity contribution is -0.146. The van der Waals surface area contributed by atoms with E-state index in [-0.39, 0.29) is 13.0 Å². The van der Waals surface area contributed by atoms with Crippen LogP contribution in [-0.2, 0) is 20.7 Å². The Balaban J connectivity index is 1.56. The molecule has 7 heteroatoms. The minimum absolute atomic E-state index is 0.0297. The zero-order valence-corrected chi connectivity index (χ0v) is 17.2. The summed E-state index contributed by atoms with van der Waals surface area (Å²) in [7, 11) is 0. The highest BCUT2D eigenvalue weighted by atomic mass is 32.2. The van der Waals surface area contributed by atoms with Crippen molar-refractivity contribution in [3.63, 3.8) is 0 Å². The van der Waals surface area contributed by atoms with Crippen molar-refractivity contribution in [2.45, 2.75) is 32.1 Å². The molecule has 0 unspecified atom stereocenters. The van der Waals surface area contributed by atoms with Crippen LogP contribution >= 0.6 is 11.8 Å². The lowest BCUT2D eigenvalue weighted by Crippen LogP contribution is -2.22. The average molecular weight is 408 g/mol. The molecule has 148 valence electrons. The maximum absolute atomic E-state index is 12.2. The molecule has 0 saturated carbocycles. The maximum atomic E-state index is 12.2. The Kier molecular flexibility index (Phi) is 6.25. The number of hydrogen-bond donors (Lipinski definition) is 1. The van der Waals surface area contributed by atoms with Crippen LogP contribution in [0.1, 0.15) is 22.3 Å². The number of carbonyl (C=O) groups is 2. The predicted octanol–water partition coefficient (Wildman–Crippen LogP) is 4.66. The highest BCUT2D eigenvalue weighted by molar-refractivity contribution is 8.03. The Morgan fingerprint density at radius 2 is 1.97 bits per heavy atom. The molecule has 1 aromatic heterocycles. The van der Waals surface area contributed by atoms with Crippen molar-refractivity contribution < 1.29 is 18.7 Å². The van der Waals surface area contributed by atoms with Crippen LogP contribution in [0, 0.1) is 31.4 Å². The molecule has 0 aliphatic carbocycles. The van der Waals surface area contributed by atoms with E-state index in [1.807, 2.05) is 44.4 Å². The number of benzene rings is 2. The van der Waals surface area contributed by atoms with Gasteiger partial charge in [0.15, 0.2) is 6.61 Å². The summed E-state index contributed by atoms with van der Waals surface area (Å²) in [6, 6.07) is 9.18. The van der Waals surface area contributed by atoms with Gasteiger partial charge in [0.2, 0.25) is 0 Å². The Bertz CT molecular complexity index is 1130. The fraction of sp³-hybridized carbons (Fsp3) is 0.227. The summed E-state index contributed by atoms with van der Waals surface area (Å²) in [6.45, 7) is 5.43. The predicted molar refractivity (Wildman–Crippen MR) is 112 cm³/mol. The number of esters is 1. The first-order chi connectivity index (χ1) is 13.9. The number of carbonyl (C=O) groups excluding carboxylic acids is 2. The molecule has 0 radical (unpaired) electrons. The van der Waals surface area contributed by atoms with E-state index in [4.69, 9.17) is 14.4 Å². The summed E-state index contributed by atoms with van der Waals surface area (Å²) in [5.41, 5.74) is 5.08. The van der Waals surface area contributed by atoms with Gasteiger partial charge in [0.1, 0.15) is 11.0 Å². The summed E-state index contributed by atoms with van der Waals surface area (Å²) in [4.78, 5) is 25.1. The van der Waals surface area contributed by atoms with Crippen molar-refractivity contribution in [1.82, 2.24) is 0 Å². The molecule has 0 atom stereocenters. The van der Waals surface area contributed by atoms with E-state index in [0.29, 0.717) is 5.69 Å². The van der Waals surface area contributed by atoms with Crippen molar-refractivity contribution in [3.05, 3.63) is 58.8 Å². The van der Waals surface area contributed by atoms with Crippen molar-refractivity contribution in [2.75, 3.05) is 11.9 Å². The summed E-state index contributed by atoms with van der Waals surface area (Å²) in [5, 5.41) is 14.3. The van der Waals surface area contributed by atoms with Crippen LogP contribution in [0.4, 0.5) is 5.69 Å². The van der Waals surface area contributed by atoms with Crippen molar-refractivity contribution in [3.8, 4) is 5.40 Å². The average Bonchev–Trinajstić information content (AvgIpc) is 3.09. The molecule has 0 spiro atoms. The van der Waals surface area contributed by atoms with Crippen LogP contribution < -0.4 is 5.32 Å². The number of aryl methyl sites for hydroxylation is 3. The number of nitrogens with zero attached hydrogens (tertiary/aromatic N) is 1. The highest BCUT2D eigenvalue weighted by Gasteiger charge is 2.15. The second-order valence-electron chi connectivity index (χ2n) is 6.70. The van der Waals surface area contributed by atoms with Crippen molar-refractivity contribution in [2.24, 2.45) is 0 Å². The third kappa shape index (κ3) is 4.79. The van der Waals surface area contributed by atoms with E-state index in [9.17, 15) is 9.59 Å². The maximum Gasteiger partial charge on any atom is 0.310 e. The molecular weight excluding hydrogens is 388 g/mol. The van der Waals surface area contributed by atoms with Gasteiger partial charge in [-0.25, -0.2) is 0 Å². The molecule has 1 N–H and O–H groups in total. The first-order valence-corrected chi connectivity index (χ1v) is 9.79. The van der Waals surface area contributed by atoms with E-state index in [0.717, 1.165) is 49.9 Å². The normalized spacial score (nSPS) is 10.6. The molecule has 0 saturated heterocycles. The van der Waals surface area contributed by atoms with Crippen LogP contribution in [0.2, 0.25) is 0 Å². The van der Waals surface area contributed by atoms with E-state index < -0.39 is 11.9 Å². The van der Waals surface area contributed by atoms with Gasteiger partial charge >= 0.3 is 5.97 Å². The van der Waals surface area contributed by atoms with Crippen LogP contribution in [0.15, 0.2) is 45.9 Å². The SMILES string of the molecule is Cc1cc(SC#N)ccc1NC(=O)COC(=O)Cc1coc2c(C)c(C)ccc12. The number of hydrogen-bond acceptors (Lipinski definition) is 6. The lowest BCUT2D eigenvalue weighted by atomic mass is 10.0. The van der Waals surface area contributed by atoms with Gasteiger partial charge in [-0.05, 0) is 67.4 Å². The Hall–Kier alpha value is -3.24. The largest absolute Gasteiger partial charge is 0.464 e. The van der Waals surface area contributed by atoms with Gasteiger partial charge < -0.3 is 14.5 Å². The van der Waals surface area contributed by atoms with Gasteiger partial charge in [-0.1, -0.05) is 12.1 Å². The van der Waals surface area contributed by atoms with Gasteiger partial charge in [0.05, 0.1) is 12.7 Å². The molecule has 3 rings (SSSR count). The number of thiocyanates is 1. The number of fused-ring (bicyclic) bond motifs is 1. The highest BCUT2D eigenvalue weighted by Crippen LogP contribution is 2.27. The summed E-state index contributed by atoms with van der Waals surface area (Å²) in [6.07, 6.45) is 1.59. The van der Waals surface area contributed by atoms with E-state index >= 15 is 0 Å². The minimum atomic E-state index is -0.501. The Labute approximate surface area is 172 Å². The van der Waals surface area contributed by atoms with Gasteiger partial charge in [-0.15, -0.1) is 0 Å². The molecule has 1 heterocycles. The van der Waals surface area contributed by atoms with Crippen molar-refractivity contribution in [1.29, 1.82) is 5.26 Å². The first-order valence-electron chi connectivity index (χ1n) is 8.97. The number of furan rings is 1. The van der Waals surface area contributed by atoms with Crippen LogP contribution in [0.3, 0.4) is 0 Å². The molecule has 0 aliphatic rings. The van der Waals surface area contributed by atoms with Gasteiger partial charge in [-0.2, -0.15) is 5.26 Å². The van der Waals surface area contributed by atoms with Gasteiger partial charge in [0.25, 0.3) is 5.91 Å². The standard InChI is InChI=1S/C22H20N2O4S/c1-13-4-6-18-16(10-28-22(18)15(13)3)9-21(26)27-11-20(25)24-19-7-5-17(29-12-23)8-14(19)2/h4-8,10H,9,11H2,1-3H3,(H,24,25). The van der Waals surface area contributed by atoms with Gasteiger partial charge in [0, 0.05) is 21.5 Å². The van der Waals surface area contributed by atoms with Gasteiger partial charge in [-0.3, -0.25) is 9.59 Å². The molecule has 0 aliphatic heterocycles. The molecule has 2 aromatic carbocycles. The van der Waals surface area contributed by atoms with Crippen molar-refractivity contribution >= 4 is 40.3 Å². The molecule has 0 fully saturated rings. The fourth-order valence-electron chi connectivity index (χ4n) is 2.96. The molecule has 6 nitrogen and oxygen atoms in total. The minimum Gasteiger partial charge on any atom is -0.464 e. The number of nitriles is 1. The second kappa shape index (κ2) is 8.84. The number of thioether (sulfide) groups is 1. The second-order valence-corrected chi connectivity index (χ2v) is 7.56. The zero-order valence-electron chi connectivity index (χ0n) is 16.4. The smallest absolute Gasteiger partial charge is 0.310 e. The number of ether oxygens (including phenoxy) is 1. The van der Waals surface area contributed by atoms with Crippen LogP contribution in [0.5, 0.6) is 0 Å². The van der Waals surface area contributed by atoms with E-state index in [1.165, 1.54) is 0 Å². The molecule has 29 heavy (non-hydrogen) atoms. The van der Waals surface area contributed by atoms with E-state index in [2.05, 4.69) is 5.32 Å².